The van der Waals surface area contributed by atoms with Gasteiger partial charge in [-0.05, 0) is 50.1 Å². The molecule has 0 unspecified atom stereocenters. The summed E-state index contributed by atoms with van der Waals surface area (Å²) in [6, 6.07) is 8.28. The molecule has 27 heavy (non-hydrogen) atoms. The Morgan fingerprint density at radius 3 is 2.11 bits per heavy atom. The Hall–Kier alpha value is -1.89. The number of sulfonamides is 1. The SMILES string of the molecule is CCN(CC)S(=O)(=O)c1cc(C(=O)Nc2c(C)cc(C)cc2C)ccc1Cl. The van der Waals surface area contributed by atoms with Gasteiger partial charge in [0.1, 0.15) is 4.90 Å². The predicted octanol–water partition coefficient (Wildman–Crippen LogP) is 4.55. The molecule has 0 aliphatic carbocycles. The third-order valence-corrected chi connectivity index (χ3v) is 6.96. The zero-order valence-electron chi connectivity index (χ0n) is 16.3. The first-order valence-corrected chi connectivity index (χ1v) is 10.6. The quantitative estimate of drug-likeness (QED) is 0.762. The van der Waals surface area contributed by atoms with Crippen LogP contribution in [-0.4, -0.2) is 31.7 Å². The van der Waals surface area contributed by atoms with Crippen LogP contribution in [0.5, 0.6) is 0 Å². The Balaban J connectivity index is 2.42. The van der Waals surface area contributed by atoms with Gasteiger partial charge in [-0.1, -0.05) is 43.1 Å². The van der Waals surface area contributed by atoms with Gasteiger partial charge in [0.25, 0.3) is 5.91 Å². The van der Waals surface area contributed by atoms with E-state index in [2.05, 4.69) is 5.32 Å². The first-order valence-electron chi connectivity index (χ1n) is 8.80. The number of amides is 1. The monoisotopic (exact) mass is 408 g/mol. The van der Waals surface area contributed by atoms with Gasteiger partial charge in [0.2, 0.25) is 10.0 Å². The van der Waals surface area contributed by atoms with Crippen LogP contribution >= 0.6 is 11.6 Å². The number of carbonyl (C=O) groups is 1. The van der Waals surface area contributed by atoms with E-state index in [0.29, 0.717) is 13.1 Å². The van der Waals surface area contributed by atoms with E-state index < -0.39 is 10.0 Å². The number of nitrogens with one attached hydrogen (secondary N) is 1. The molecular weight excluding hydrogens is 384 g/mol. The van der Waals surface area contributed by atoms with Crippen LogP contribution in [0.15, 0.2) is 35.2 Å². The van der Waals surface area contributed by atoms with E-state index in [0.717, 1.165) is 22.4 Å². The summed E-state index contributed by atoms with van der Waals surface area (Å²) in [5.74, 6) is -0.377. The summed E-state index contributed by atoms with van der Waals surface area (Å²) in [5.41, 5.74) is 3.98. The van der Waals surface area contributed by atoms with E-state index in [1.165, 1.54) is 22.5 Å². The summed E-state index contributed by atoms with van der Waals surface area (Å²) in [6.07, 6.45) is 0. The average molecular weight is 409 g/mol. The van der Waals surface area contributed by atoms with Crippen molar-refractivity contribution in [2.24, 2.45) is 0 Å². The molecule has 2 rings (SSSR count). The molecule has 2 aromatic carbocycles. The number of hydrogen-bond acceptors (Lipinski definition) is 3. The smallest absolute Gasteiger partial charge is 0.255 e. The highest BCUT2D eigenvalue weighted by atomic mass is 35.5. The molecule has 2 aromatic rings. The number of anilines is 1. The van der Waals surface area contributed by atoms with Crippen LogP contribution in [0, 0.1) is 20.8 Å². The van der Waals surface area contributed by atoms with Crippen molar-refractivity contribution in [2.45, 2.75) is 39.5 Å². The first kappa shape index (κ1) is 21.4. The van der Waals surface area contributed by atoms with Crippen molar-refractivity contribution in [2.75, 3.05) is 18.4 Å². The summed E-state index contributed by atoms with van der Waals surface area (Å²) in [5, 5.41) is 2.99. The molecule has 0 spiro atoms. The maximum atomic E-state index is 12.8. The minimum Gasteiger partial charge on any atom is -0.322 e. The fraction of sp³-hybridized carbons (Fsp3) is 0.350. The summed E-state index contributed by atoms with van der Waals surface area (Å²) in [7, 11) is -3.76. The van der Waals surface area contributed by atoms with Gasteiger partial charge >= 0.3 is 0 Å². The molecule has 0 atom stereocenters. The standard InChI is InChI=1S/C20H25ClN2O3S/c1-6-23(7-2)27(25,26)18-12-16(8-9-17(18)21)20(24)22-19-14(4)10-13(3)11-15(19)5/h8-12H,6-7H2,1-5H3,(H,22,24). The van der Waals surface area contributed by atoms with Crippen molar-refractivity contribution in [3.63, 3.8) is 0 Å². The number of halogens is 1. The van der Waals surface area contributed by atoms with Crippen molar-refractivity contribution in [3.8, 4) is 0 Å². The molecule has 146 valence electrons. The van der Waals surface area contributed by atoms with Gasteiger partial charge in [0.05, 0.1) is 5.02 Å². The van der Waals surface area contributed by atoms with Crippen molar-refractivity contribution >= 4 is 33.2 Å². The molecule has 0 heterocycles. The van der Waals surface area contributed by atoms with Crippen LogP contribution in [0.1, 0.15) is 40.9 Å². The Morgan fingerprint density at radius 2 is 1.59 bits per heavy atom. The lowest BCUT2D eigenvalue weighted by Gasteiger charge is -2.20. The molecule has 0 bridgehead atoms. The Kier molecular flexibility index (Phi) is 6.68. The second-order valence-corrected chi connectivity index (χ2v) is 8.78. The van der Waals surface area contributed by atoms with Crippen LogP contribution in [0.25, 0.3) is 0 Å². The Morgan fingerprint density at radius 1 is 1.04 bits per heavy atom. The summed E-state index contributed by atoms with van der Waals surface area (Å²) < 4.78 is 26.9. The third-order valence-electron chi connectivity index (χ3n) is 4.43. The summed E-state index contributed by atoms with van der Waals surface area (Å²) >= 11 is 6.13. The number of nitrogens with zero attached hydrogens (tertiary/aromatic N) is 1. The normalized spacial score (nSPS) is 11.7. The van der Waals surface area contributed by atoms with Crippen LogP contribution in [0.3, 0.4) is 0 Å². The van der Waals surface area contributed by atoms with Gasteiger partial charge in [-0.3, -0.25) is 4.79 Å². The molecule has 0 radical (unpaired) electrons. The van der Waals surface area contributed by atoms with Gasteiger partial charge in [0, 0.05) is 24.3 Å². The molecule has 5 nitrogen and oxygen atoms in total. The minimum absolute atomic E-state index is 0.0575. The second-order valence-electron chi connectivity index (χ2n) is 6.46. The molecule has 0 saturated carbocycles. The predicted molar refractivity (Wildman–Crippen MR) is 110 cm³/mol. The van der Waals surface area contributed by atoms with Gasteiger partial charge in [0.15, 0.2) is 0 Å². The Labute approximate surface area is 166 Å². The van der Waals surface area contributed by atoms with E-state index in [-0.39, 0.29) is 21.4 Å². The highest BCUT2D eigenvalue weighted by molar-refractivity contribution is 7.89. The van der Waals surface area contributed by atoms with Gasteiger partial charge in [-0.15, -0.1) is 0 Å². The van der Waals surface area contributed by atoms with E-state index in [4.69, 9.17) is 11.6 Å². The molecule has 0 aliphatic rings. The molecule has 0 fully saturated rings. The number of benzene rings is 2. The van der Waals surface area contributed by atoms with E-state index in [9.17, 15) is 13.2 Å². The zero-order valence-corrected chi connectivity index (χ0v) is 17.8. The summed E-state index contributed by atoms with van der Waals surface area (Å²) in [6.45, 7) is 10.0. The zero-order chi connectivity index (χ0) is 20.4. The van der Waals surface area contributed by atoms with Crippen LogP contribution in [0.2, 0.25) is 5.02 Å². The third kappa shape index (κ3) is 4.51. The molecule has 7 heteroatoms. The van der Waals surface area contributed by atoms with Crippen LogP contribution < -0.4 is 5.32 Å². The van der Waals surface area contributed by atoms with Crippen molar-refractivity contribution in [1.29, 1.82) is 0 Å². The lowest BCUT2D eigenvalue weighted by Crippen LogP contribution is -2.31. The Bertz CT molecular complexity index is 944. The molecule has 0 saturated heterocycles. The molecule has 1 amide bonds. The molecule has 0 aromatic heterocycles. The van der Waals surface area contributed by atoms with Gasteiger partial charge < -0.3 is 5.32 Å². The van der Waals surface area contributed by atoms with Crippen molar-refractivity contribution < 1.29 is 13.2 Å². The van der Waals surface area contributed by atoms with E-state index in [1.54, 1.807) is 13.8 Å². The lowest BCUT2D eigenvalue weighted by molar-refractivity contribution is 0.102. The fourth-order valence-corrected chi connectivity index (χ4v) is 5.07. The fourth-order valence-electron chi connectivity index (χ4n) is 3.11. The summed E-state index contributed by atoms with van der Waals surface area (Å²) in [4.78, 5) is 12.7. The highest BCUT2D eigenvalue weighted by Crippen LogP contribution is 2.27. The molecular formula is C20H25ClN2O3S. The van der Waals surface area contributed by atoms with Crippen molar-refractivity contribution in [3.05, 3.63) is 57.6 Å². The highest BCUT2D eigenvalue weighted by Gasteiger charge is 2.25. The largest absolute Gasteiger partial charge is 0.322 e. The minimum atomic E-state index is -3.76. The number of carbonyl (C=O) groups excluding carboxylic acids is 1. The van der Waals surface area contributed by atoms with Crippen LogP contribution in [-0.2, 0) is 10.0 Å². The molecule has 1 N–H and O–H groups in total. The molecule has 0 aliphatic heterocycles. The first-order chi connectivity index (χ1) is 12.6. The van der Waals surface area contributed by atoms with Gasteiger partial charge in [-0.25, -0.2) is 8.42 Å². The maximum absolute atomic E-state index is 12.8. The maximum Gasteiger partial charge on any atom is 0.255 e. The second kappa shape index (κ2) is 8.42. The van der Waals surface area contributed by atoms with E-state index in [1.807, 2.05) is 32.9 Å². The average Bonchev–Trinajstić information content (AvgIpc) is 2.58. The van der Waals surface area contributed by atoms with E-state index >= 15 is 0 Å². The van der Waals surface area contributed by atoms with Crippen molar-refractivity contribution in [1.82, 2.24) is 4.31 Å². The van der Waals surface area contributed by atoms with Gasteiger partial charge in [-0.2, -0.15) is 4.31 Å². The number of hydrogen-bond donors (Lipinski definition) is 1. The topological polar surface area (TPSA) is 66.5 Å². The lowest BCUT2D eigenvalue weighted by atomic mass is 10.0. The van der Waals surface area contributed by atoms with Crippen LogP contribution in [0.4, 0.5) is 5.69 Å². The number of rotatable bonds is 6. The number of aryl methyl sites for hydroxylation is 3.